The van der Waals surface area contributed by atoms with Crippen molar-refractivity contribution in [2.75, 3.05) is 0 Å². The van der Waals surface area contributed by atoms with Crippen molar-refractivity contribution in [3.63, 3.8) is 0 Å². The van der Waals surface area contributed by atoms with Crippen LogP contribution in [0.15, 0.2) is 42.5 Å². The third-order valence-corrected chi connectivity index (χ3v) is 6.65. The van der Waals surface area contributed by atoms with E-state index in [1.165, 1.54) is 69.2 Å². The van der Waals surface area contributed by atoms with Gasteiger partial charge in [0.15, 0.2) is 0 Å². The Hall–Kier alpha value is -2.04. The van der Waals surface area contributed by atoms with Crippen LogP contribution in [-0.2, 0) is 6.42 Å². The summed E-state index contributed by atoms with van der Waals surface area (Å²) in [6.45, 7) is 4.51. The molecule has 0 amide bonds. The van der Waals surface area contributed by atoms with Gasteiger partial charge in [-0.25, -0.2) is 4.39 Å². The van der Waals surface area contributed by atoms with Crippen molar-refractivity contribution >= 4 is 0 Å². The molecule has 0 saturated heterocycles. The quantitative estimate of drug-likeness (QED) is 0.377. The van der Waals surface area contributed by atoms with Gasteiger partial charge in [-0.1, -0.05) is 70.2 Å². The normalized spacial score (nSPS) is 20.5. The number of rotatable bonds is 8. The fraction of sp³-hybridized carbons (Fsp3) is 0.538. The summed E-state index contributed by atoms with van der Waals surface area (Å²) in [6.07, 6.45) is 5.23. The van der Waals surface area contributed by atoms with Crippen LogP contribution in [0, 0.1) is 23.6 Å². The van der Waals surface area contributed by atoms with E-state index >= 15 is 0 Å². The van der Waals surface area contributed by atoms with Crippen LogP contribution >= 0.6 is 0 Å². The summed E-state index contributed by atoms with van der Waals surface area (Å²) < 4.78 is 55.5. The van der Waals surface area contributed by atoms with Gasteiger partial charge in [0, 0.05) is 5.56 Å². The molecule has 5 heteroatoms. The Kier molecular flexibility index (Phi) is 8.01. The standard InChI is InChI=1S/C26H32F4O/c1-3-4-5-19-6-9-21(10-7-19)18(2)16-20-8-15-24(25(27)17-20)22-11-13-23(14-12-22)31-26(28,29)30/h8,11-15,17-19,21H,3-7,9-10,16H2,1-2H3. The number of unbranched alkanes of at least 4 members (excludes halogenated alkanes) is 1. The smallest absolute Gasteiger partial charge is 0.406 e. The summed E-state index contributed by atoms with van der Waals surface area (Å²) >= 11 is 0. The van der Waals surface area contributed by atoms with E-state index in [9.17, 15) is 17.6 Å². The van der Waals surface area contributed by atoms with Gasteiger partial charge < -0.3 is 4.74 Å². The first-order valence-corrected chi connectivity index (χ1v) is 11.4. The lowest BCUT2D eigenvalue weighted by atomic mass is 9.73. The minimum absolute atomic E-state index is 0.313. The van der Waals surface area contributed by atoms with Crippen molar-refractivity contribution in [1.29, 1.82) is 0 Å². The van der Waals surface area contributed by atoms with Gasteiger partial charge >= 0.3 is 6.36 Å². The van der Waals surface area contributed by atoms with Crippen LogP contribution in [0.25, 0.3) is 11.1 Å². The van der Waals surface area contributed by atoms with E-state index in [0.29, 0.717) is 23.0 Å². The summed E-state index contributed by atoms with van der Waals surface area (Å²) in [5, 5.41) is 0. The third-order valence-electron chi connectivity index (χ3n) is 6.65. The van der Waals surface area contributed by atoms with E-state index in [1.807, 2.05) is 6.07 Å². The summed E-state index contributed by atoms with van der Waals surface area (Å²) in [4.78, 5) is 0. The van der Waals surface area contributed by atoms with E-state index in [4.69, 9.17) is 0 Å². The Balaban J connectivity index is 1.58. The highest BCUT2D eigenvalue weighted by molar-refractivity contribution is 5.65. The van der Waals surface area contributed by atoms with Crippen LogP contribution in [0.2, 0.25) is 0 Å². The molecule has 0 N–H and O–H groups in total. The molecule has 0 spiro atoms. The van der Waals surface area contributed by atoms with Crippen LogP contribution in [0.1, 0.15) is 64.4 Å². The largest absolute Gasteiger partial charge is 0.573 e. The topological polar surface area (TPSA) is 9.23 Å². The van der Waals surface area contributed by atoms with Crippen molar-refractivity contribution in [2.24, 2.45) is 17.8 Å². The first-order valence-electron chi connectivity index (χ1n) is 11.4. The summed E-state index contributed by atoms with van der Waals surface area (Å²) in [7, 11) is 0. The monoisotopic (exact) mass is 436 g/mol. The molecule has 1 nitrogen and oxygen atoms in total. The van der Waals surface area contributed by atoms with E-state index in [1.54, 1.807) is 12.1 Å². The van der Waals surface area contributed by atoms with Gasteiger partial charge in [-0.05, 0) is 66.3 Å². The molecule has 1 saturated carbocycles. The highest BCUT2D eigenvalue weighted by atomic mass is 19.4. The maximum atomic E-state index is 14.8. The molecule has 1 fully saturated rings. The molecule has 1 aliphatic rings. The van der Waals surface area contributed by atoms with E-state index in [-0.39, 0.29) is 11.6 Å². The number of hydrogen-bond donors (Lipinski definition) is 0. The van der Waals surface area contributed by atoms with Gasteiger partial charge in [0.2, 0.25) is 0 Å². The van der Waals surface area contributed by atoms with Gasteiger partial charge in [0.25, 0.3) is 0 Å². The Morgan fingerprint density at radius 3 is 2.26 bits per heavy atom. The molecule has 2 aromatic rings. The van der Waals surface area contributed by atoms with Crippen molar-refractivity contribution < 1.29 is 22.3 Å². The molecule has 0 radical (unpaired) electrons. The van der Waals surface area contributed by atoms with Gasteiger partial charge in [-0.2, -0.15) is 0 Å². The van der Waals surface area contributed by atoms with Crippen molar-refractivity contribution in [2.45, 2.75) is 71.6 Å². The number of alkyl halides is 3. The van der Waals surface area contributed by atoms with Crippen molar-refractivity contribution in [3.05, 3.63) is 53.8 Å². The zero-order valence-electron chi connectivity index (χ0n) is 18.4. The van der Waals surface area contributed by atoms with Gasteiger partial charge in [0.1, 0.15) is 11.6 Å². The molecule has 2 aromatic carbocycles. The van der Waals surface area contributed by atoms with E-state index < -0.39 is 6.36 Å². The molecular formula is C26H32F4O. The molecule has 170 valence electrons. The predicted octanol–water partition coefficient (Wildman–Crippen LogP) is 8.57. The zero-order valence-corrected chi connectivity index (χ0v) is 18.4. The lowest BCUT2D eigenvalue weighted by Gasteiger charge is -2.32. The second-order valence-corrected chi connectivity index (χ2v) is 8.99. The fourth-order valence-electron chi connectivity index (χ4n) is 4.83. The number of hydrogen-bond acceptors (Lipinski definition) is 1. The van der Waals surface area contributed by atoms with Gasteiger partial charge in [-0.15, -0.1) is 13.2 Å². The predicted molar refractivity (Wildman–Crippen MR) is 116 cm³/mol. The van der Waals surface area contributed by atoms with E-state index in [2.05, 4.69) is 18.6 Å². The number of ether oxygens (including phenoxy) is 1. The zero-order chi connectivity index (χ0) is 22.4. The van der Waals surface area contributed by atoms with Gasteiger partial charge in [-0.3, -0.25) is 0 Å². The van der Waals surface area contributed by atoms with Crippen LogP contribution in [0.3, 0.4) is 0 Å². The maximum Gasteiger partial charge on any atom is 0.573 e. The Bertz CT molecular complexity index is 820. The second kappa shape index (κ2) is 10.5. The van der Waals surface area contributed by atoms with E-state index in [0.717, 1.165) is 17.9 Å². The number of halogens is 4. The van der Waals surface area contributed by atoms with Gasteiger partial charge in [0.05, 0.1) is 0 Å². The third kappa shape index (κ3) is 6.98. The average Bonchev–Trinajstić information content (AvgIpc) is 2.72. The molecule has 3 rings (SSSR count). The summed E-state index contributed by atoms with van der Waals surface area (Å²) in [5.41, 5.74) is 1.88. The molecule has 1 unspecified atom stereocenters. The minimum Gasteiger partial charge on any atom is -0.406 e. The fourth-order valence-corrected chi connectivity index (χ4v) is 4.83. The first-order chi connectivity index (χ1) is 14.7. The molecule has 0 bridgehead atoms. The van der Waals surface area contributed by atoms with Crippen LogP contribution < -0.4 is 4.74 Å². The highest BCUT2D eigenvalue weighted by Gasteiger charge is 2.31. The second-order valence-electron chi connectivity index (χ2n) is 8.99. The minimum atomic E-state index is -4.74. The van der Waals surface area contributed by atoms with Crippen LogP contribution in [0.4, 0.5) is 17.6 Å². The molecule has 31 heavy (non-hydrogen) atoms. The van der Waals surface area contributed by atoms with Crippen LogP contribution in [0.5, 0.6) is 5.75 Å². The maximum absolute atomic E-state index is 14.8. The summed E-state index contributed by atoms with van der Waals surface area (Å²) in [6, 6.07) is 10.5. The lowest BCUT2D eigenvalue weighted by molar-refractivity contribution is -0.274. The van der Waals surface area contributed by atoms with Crippen molar-refractivity contribution in [3.8, 4) is 16.9 Å². The average molecular weight is 437 g/mol. The highest BCUT2D eigenvalue weighted by Crippen LogP contribution is 2.37. The molecule has 0 aliphatic heterocycles. The van der Waals surface area contributed by atoms with Crippen molar-refractivity contribution in [1.82, 2.24) is 0 Å². The Morgan fingerprint density at radius 1 is 1.00 bits per heavy atom. The van der Waals surface area contributed by atoms with Crippen LogP contribution in [-0.4, -0.2) is 6.36 Å². The number of benzene rings is 2. The molecular weight excluding hydrogens is 404 g/mol. The molecule has 0 aromatic heterocycles. The lowest BCUT2D eigenvalue weighted by Crippen LogP contribution is -2.21. The molecule has 1 atom stereocenters. The molecule has 1 aliphatic carbocycles. The molecule has 0 heterocycles. The summed E-state index contributed by atoms with van der Waals surface area (Å²) in [5.74, 6) is 1.43. The Labute approximate surface area is 182 Å². The SMILES string of the molecule is CCCCC1CCC(C(C)Cc2ccc(-c3ccc(OC(F)(F)F)cc3)c(F)c2)CC1. The Morgan fingerprint density at radius 2 is 1.68 bits per heavy atom. The first kappa shape index (κ1) is 23.6.